The Morgan fingerprint density at radius 2 is 1.71 bits per heavy atom. The maximum atomic E-state index is 14.5. The molecule has 0 radical (unpaired) electrons. The zero-order chi connectivity index (χ0) is 29.2. The number of nitrogens with zero attached hydrogens (tertiary/aromatic N) is 1. The van der Waals surface area contributed by atoms with Gasteiger partial charge in [0.15, 0.2) is 0 Å². The minimum atomic E-state index is -1.15. The minimum Gasteiger partial charge on any atom is -0.359 e. The van der Waals surface area contributed by atoms with Crippen LogP contribution < -0.4 is 10.6 Å². The van der Waals surface area contributed by atoms with Crippen LogP contribution in [0.5, 0.6) is 0 Å². The van der Waals surface area contributed by atoms with E-state index in [4.69, 9.17) is 16.3 Å². The summed E-state index contributed by atoms with van der Waals surface area (Å²) < 4.78 is 6.60. The molecule has 3 heterocycles. The molecule has 8 heteroatoms. The number of hydrogen-bond acceptors (Lipinski definition) is 4. The normalized spacial score (nSPS) is 41.4. The first kappa shape index (κ1) is 28.7. The average molecular weight is 582 g/mol. The highest BCUT2D eigenvalue weighted by Crippen LogP contribution is 2.57. The summed E-state index contributed by atoms with van der Waals surface area (Å²) in [6, 6.07) is 4.60. The lowest BCUT2D eigenvalue weighted by molar-refractivity contribution is -0.146. The van der Waals surface area contributed by atoms with Crippen molar-refractivity contribution in [2.75, 3.05) is 5.32 Å². The molecule has 1 spiro atoms. The van der Waals surface area contributed by atoms with Crippen LogP contribution in [0.25, 0.3) is 0 Å². The Morgan fingerprint density at radius 1 is 1.00 bits per heavy atom. The first-order valence-electron chi connectivity index (χ1n) is 15.6. The van der Waals surface area contributed by atoms with Gasteiger partial charge >= 0.3 is 0 Å². The highest BCUT2D eigenvalue weighted by atomic mass is 35.5. The molecule has 0 unspecified atom stereocenters. The molecule has 1 aromatic rings. The highest BCUT2D eigenvalue weighted by Gasteiger charge is 2.73. The fourth-order valence-electron chi connectivity index (χ4n) is 8.45. The molecule has 2 aliphatic carbocycles. The molecule has 41 heavy (non-hydrogen) atoms. The van der Waals surface area contributed by atoms with Gasteiger partial charge in [-0.3, -0.25) is 14.4 Å². The zero-order valence-corrected chi connectivity index (χ0v) is 25.6. The van der Waals surface area contributed by atoms with Crippen LogP contribution in [0.1, 0.15) is 71.8 Å². The molecule has 2 bridgehead atoms. The fraction of sp³-hybridized carbons (Fsp3) is 0.667. The molecule has 2 N–H and O–H groups in total. The van der Waals surface area contributed by atoms with Gasteiger partial charge < -0.3 is 20.3 Å². The van der Waals surface area contributed by atoms with E-state index in [1.807, 2.05) is 36.1 Å². The van der Waals surface area contributed by atoms with Gasteiger partial charge in [-0.25, -0.2) is 0 Å². The smallest absolute Gasteiger partial charge is 0.246 e. The van der Waals surface area contributed by atoms with Crippen molar-refractivity contribution in [3.8, 4) is 0 Å². The Hall–Kier alpha value is -2.38. The summed E-state index contributed by atoms with van der Waals surface area (Å²) in [6.07, 6.45) is 9.42. The number of likely N-dealkylation sites (tertiary alicyclic amines) is 1. The summed E-state index contributed by atoms with van der Waals surface area (Å²) >= 11 is 6.32. The highest BCUT2D eigenvalue weighted by molar-refractivity contribution is 6.31. The molecular formula is C33H44ClN3O4. The Morgan fingerprint density at radius 3 is 2.44 bits per heavy atom. The predicted molar refractivity (Wildman–Crippen MR) is 159 cm³/mol. The van der Waals surface area contributed by atoms with Crippen molar-refractivity contribution < 1.29 is 19.1 Å². The summed E-state index contributed by atoms with van der Waals surface area (Å²) in [5.74, 6) is -0.447. The third-order valence-electron chi connectivity index (χ3n) is 11.4. The SMILES string of the molecule is Cc1ccc(NC(=O)[C@@H]2[C@@H]3C=C[C@]4(O3)[C@@H]2C(=O)N([C@@H]2CCC[C@@H](C)[C@@H]2C)[C@H]4C(=O)N[C@@H]2CCC[C@H](C)[C@@H]2C)cc1Cl. The molecule has 11 atom stereocenters. The van der Waals surface area contributed by atoms with Crippen LogP contribution in [-0.4, -0.2) is 52.5 Å². The van der Waals surface area contributed by atoms with E-state index in [1.54, 1.807) is 6.07 Å². The number of aryl methyl sites for hydroxylation is 1. The topological polar surface area (TPSA) is 87.7 Å². The summed E-state index contributed by atoms with van der Waals surface area (Å²) in [5, 5.41) is 6.93. The Kier molecular flexibility index (Phi) is 7.51. The number of ether oxygens (including phenoxy) is 1. The first-order valence-corrected chi connectivity index (χ1v) is 16.0. The van der Waals surface area contributed by atoms with Crippen molar-refractivity contribution in [3.63, 3.8) is 0 Å². The second kappa shape index (κ2) is 10.7. The number of carbonyl (C=O) groups is 3. The van der Waals surface area contributed by atoms with E-state index >= 15 is 0 Å². The van der Waals surface area contributed by atoms with Crippen molar-refractivity contribution in [3.05, 3.63) is 40.9 Å². The van der Waals surface area contributed by atoms with E-state index in [1.165, 1.54) is 6.42 Å². The molecule has 5 aliphatic rings. The molecule has 3 amide bonds. The van der Waals surface area contributed by atoms with E-state index < -0.39 is 29.6 Å². The number of benzene rings is 1. The van der Waals surface area contributed by atoms with Gasteiger partial charge in [0, 0.05) is 22.8 Å². The Balaban J connectivity index is 1.34. The maximum Gasteiger partial charge on any atom is 0.246 e. The summed E-state index contributed by atoms with van der Waals surface area (Å²) in [5.41, 5.74) is 0.351. The van der Waals surface area contributed by atoms with Crippen LogP contribution in [0.4, 0.5) is 5.69 Å². The molecular weight excluding hydrogens is 538 g/mol. The maximum absolute atomic E-state index is 14.5. The lowest BCUT2D eigenvalue weighted by Crippen LogP contribution is -2.61. The fourth-order valence-corrected chi connectivity index (χ4v) is 8.63. The van der Waals surface area contributed by atoms with E-state index in [-0.39, 0.29) is 35.7 Å². The molecule has 2 saturated carbocycles. The van der Waals surface area contributed by atoms with Crippen molar-refractivity contribution in [2.45, 2.75) is 103 Å². The molecule has 1 aromatic carbocycles. The van der Waals surface area contributed by atoms with Gasteiger partial charge in [0.2, 0.25) is 17.7 Å². The third-order valence-corrected chi connectivity index (χ3v) is 11.8. The first-order chi connectivity index (χ1) is 19.5. The Bertz CT molecular complexity index is 1270. The van der Waals surface area contributed by atoms with Crippen molar-refractivity contribution >= 4 is 35.0 Å². The molecule has 2 saturated heterocycles. The number of amides is 3. The van der Waals surface area contributed by atoms with E-state index in [9.17, 15) is 14.4 Å². The van der Waals surface area contributed by atoms with Crippen LogP contribution in [0.2, 0.25) is 5.02 Å². The van der Waals surface area contributed by atoms with E-state index in [0.29, 0.717) is 28.5 Å². The molecule has 6 rings (SSSR count). The van der Waals surface area contributed by atoms with Gasteiger partial charge in [-0.2, -0.15) is 0 Å². The standard InChI is InChI=1S/C33H44ClN3O4/c1-17-8-6-10-24(20(17)4)36-31(39)29-33-15-14-26(41-33)27(30(38)35-22-13-12-19(3)23(34)16-22)28(33)32(40)37(29)25-11-7-9-18(2)21(25)5/h12-18,20-21,24-29H,6-11H2,1-5H3,(H,35,38)(H,36,39)/t17-,18+,20-,21-,24+,25+,26-,27+,28-,29-,33-/m0/s1. The zero-order valence-electron chi connectivity index (χ0n) is 24.9. The summed E-state index contributed by atoms with van der Waals surface area (Å²) in [6.45, 7) is 10.8. The number of anilines is 1. The lowest BCUT2D eigenvalue weighted by atomic mass is 9.73. The molecule has 222 valence electrons. The van der Waals surface area contributed by atoms with Gasteiger partial charge in [0.1, 0.15) is 11.6 Å². The number of nitrogens with one attached hydrogen (secondary N) is 2. The van der Waals surface area contributed by atoms with E-state index in [0.717, 1.165) is 37.7 Å². The van der Waals surface area contributed by atoms with Gasteiger partial charge in [-0.15, -0.1) is 0 Å². The number of carbonyl (C=O) groups excluding carboxylic acids is 3. The quantitative estimate of drug-likeness (QED) is 0.449. The number of fused-ring (bicyclic) bond motifs is 1. The molecule has 7 nitrogen and oxygen atoms in total. The summed E-state index contributed by atoms with van der Waals surface area (Å²) in [7, 11) is 0. The van der Waals surface area contributed by atoms with Crippen LogP contribution in [0.3, 0.4) is 0 Å². The number of rotatable bonds is 5. The monoisotopic (exact) mass is 581 g/mol. The van der Waals surface area contributed by atoms with Gasteiger partial charge in [0.25, 0.3) is 0 Å². The lowest BCUT2D eigenvalue weighted by Gasteiger charge is -2.44. The van der Waals surface area contributed by atoms with Gasteiger partial charge in [-0.1, -0.05) is 83.2 Å². The predicted octanol–water partition coefficient (Wildman–Crippen LogP) is 5.50. The number of hydrogen-bond donors (Lipinski definition) is 2. The van der Waals surface area contributed by atoms with Crippen LogP contribution in [-0.2, 0) is 19.1 Å². The minimum absolute atomic E-state index is 0.0642. The van der Waals surface area contributed by atoms with Crippen molar-refractivity contribution in [1.29, 1.82) is 0 Å². The number of halogens is 1. The van der Waals surface area contributed by atoms with Crippen LogP contribution >= 0.6 is 11.6 Å². The molecule has 4 fully saturated rings. The second-order valence-corrected chi connectivity index (χ2v) is 14.0. The Labute approximate surface area is 248 Å². The second-order valence-electron chi connectivity index (χ2n) is 13.6. The van der Waals surface area contributed by atoms with Crippen LogP contribution in [0, 0.1) is 42.4 Å². The summed E-state index contributed by atoms with van der Waals surface area (Å²) in [4.78, 5) is 44.6. The van der Waals surface area contributed by atoms with E-state index in [2.05, 4.69) is 38.3 Å². The average Bonchev–Trinajstić information content (AvgIpc) is 3.58. The van der Waals surface area contributed by atoms with Crippen molar-refractivity contribution in [1.82, 2.24) is 10.2 Å². The van der Waals surface area contributed by atoms with Gasteiger partial charge in [0.05, 0.1) is 17.9 Å². The largest absolute Gasteiger partial charge is 0.359 e. The molecule has 0 aromatic heterocycles. The van der Waals surface area contributed by atoms with Gasteiger partial charge in [-0.05, 0) is 61.1 Å². The van der Waals surface area contributed by atoms with Crippen molar-refractivity contribution in [2.24, 2.45) is 35.5 Å². The third kappa shape index (κ3) is 4.62. The molecule has 3 aliphatic heterocycles. The van der Waals surface area contributed by atoms with Crippen LogP contribution in [0.15, 0.2) is 30.4 Å².